The van der Waals surface area contributed by atoms with Crippen molar-refractivity contribution in [2.75, 3.05) is 13.1 Å². The monoisotopic (exact) mass is 1300 g/mol. The Balaban J connectivity index is 1.41. The van der Waals surface area contributed by atoms with Crippen LogP contribution in [0.25, 0.3) is 0 Å². The van der Waals surface area contributed by atoms with Gasteiger partial charge in [-0.1, -0.05) is 90.4 Å². The number of carbonyl (C=O) groups is 11. The smallest absolute Gasteiger partial charge is 0.326 e. The molecule has 1 aliphatic heterocycles. The SMILES string of the molecule is [2H]c1cc(C[C@H](NC(=O)[C@@H](NC(=O)[C@H](CCCN=C(N)N)NC(=O)[C@@H](N)CC(=O)O)C(C)C)C(=O)N[C@H](C(=O)N[C@@H](Cc2cnc[nH]2)C(=O)N2CCC[C@H]2C(=O)N[C@@H](Cc2ccccc2)C(=O)N[C@@H](Cc2cnc[nH]2)C(=O)N[C@@H](CC(C)C)C(=O)O)[C@@H](C)CC)ccc1O. The van der Waals surface area contributed by atoms with Gasteiger partial charge in [-0.3, -0.25) is 52.9 Å². The molecule has 11 atom stereocenters. The Kier molecular flexibility index (Phi) is 28.1. The minimum absolute atomic E-state index is 0.0286. The number of carboxylic acids is 2. The van der Waals surface area contributed by atoms with Crippen LogP contribution in [0.2, 0.25) is 0 Å². The summed E-state index contributed by atoms with van der Waals surface area (Å²) in [5.41, 5.74) is 18.5. The molecular formula is C62H89N17O14. The summed E-state index contributed by atoms with van der Waals surface area (Å²) < 4.78 is 8.27. The fourth-order valence-electron chi connectivity index (χ4n) is 10.3. The number of nitrogens with one attached hydrogen (secondary N) is 10. The average molecular weight is 1300 g/mol. The van der Waals surface area contributed by atoms with Gasteiger partial charge < -0.3 is 89.9 Å². The fraction of sp³-hybridized carbons (Fsp3) is 0.516. The number of guanidine groups is 1. The summed E-state index contributed by atoms with van der Waals surface area (Å²) in [7, 11) is 0. The lowest BCUT2D eigenvalue weighted by Crippen LogP contribution is -2.62. The molecule has 0 spiro atoms. The van der Waals surface area contributed by atoms with E-state index in [2.05, 4.69) is 67.5 Å². The predicted molar refractivity (Wildman–Crippen MR) is 338 cm³/mol. The summed E-state index contributed by atoms with van der Waals surface area (Å²) in [4.78, 5) is 172. The molecule has 0 radical (unpaired) electrons. The lowest BCUT2D eigenvalue weighted by atomic mass is 9.96. The van der Waals surface area contributed by atoms with Crippen molar-refractivity contribution in [3.8, 4) is 5.75 Å². The Bertz CT molecular complexity index is 3260. The van der Waals surface area contributed by atoms with Gasteiger partial charge in [0.1, 0.15) is 60.1 Å². The highest BCUT2D eigenvalue weighted by atomic mass is 16.4. The van der Waals surface area contributed by atoms with Gasteiger partial charge in [0, 0.05) is 62.6 Å². The van der Waals surface area contributed by atoms with E-state index in [0.717, 1.165) is 0 Å². The number of likely N-dealkylation sites (tertiary alicyclic amines) is 1. The number of amides is 9. The lowest BCUT2D eigenvalue weighted by molar-refractivity contribution is -0.143. The van der Waals surface area contributed by atoms with Crippen LogP contribution in [0.4, 0.5) is 0 Å². The maximum absolute atomic E-state index is 15.1. The van der Waals surface area contributed by atoms with Gasteiger partial charge in [-0.25, -0.2) is 14.8 Å². The summed E-state index contributed by atoms with van der Waals surface area (Å²) in [5.74, 6) is -12.3. The molecule has 9 amide bonds. The molecule has 0 unspecified atom stereocenters. The molecule has 31 heteroatoms. The molecule has 0 saturated carbocycles. The van der Waals surface area contributed by atoms with Crippen molar-refractivity contribution in [1.29, 1.82) is 0 Å². The van der Waals surface area contributed by atoms with Crippen molar-refractivity contribution >= 4 is 71.1 Å². The number of aliphatic carboxylic acids is 2. The number of aromatic hydroxyl groups is 1. The third kappa shape index (κ3) is 23.7. The Labute approximate surface area is 539 Å². The van der Waals surface area contributed by atoms with Gasteiger partial charge in [0.25, 0.3) is 0 Å². The van der Waals surface area contributed by atoms with Gasteiger partial charge in [0.2, 0.25) is 53.2 Å². The van der Waals surface area contributed by atoms with E-state index in [0.29, 0.717) is 23.4 Å². The van der Waals surface area contributed by atoms with Crippen LogP contribution in [0.5, 0.6) is 5.75 Å². The molecule has 1 fully saturated rings. The zero-order chi connectivity index (χ0) is 69.3. The first-order valence-electron chi connectivity index (χ1n) is 31.3. The number of aromatic nitrogens is 4. The number of carboxylic acid groups (broad SMARTS) is 2. The number of aromatic amines is 2. The molecule has 19 N–H and O–H groups in total. The van der Waals surface area contributed by atoms with Gasteiger partial charge >= 0.3 is 11.9 Å². The maximum atomic E-state index is 15.1. The van der Waals surface area contributed by atoms with Crippen molar-refractivity contribution < 1.29 is 69.4 Å². The van der Waals surface area contributed by atoms with E-state index in [1.807, 2.05) is 0 Å². The second-order valence-corrected chi connectivity index (χ2v) is 23.8. The Morgan fingerprint density at radius 3 is 1.74 bits per heavy atom. The van der Waals surface area contributed by atoms with Crippen molar-refractivity contribution in [3.63, 3.8) is 0 Å². The van der Waals surface area contributed by atoms with E-state index >= 15 is 4.79 Å². The molecule has 2 aromatic carbocycles. The van der Waals surface area contributed by atoms with Crippen LogP contribution in [-0.4, -0.2) is 185 Å². The summed E-state index contributed by atoms with van der Waals surface area (Å²) in [6.07, 6.45) is 4.97. The zero-order valence-corrected chi connectivity index (χ0v) is 53.0. The van der Waals surface area contributed by atoms with E-state index in [9.17, 15) is 63.3 Å². The van der Waals surface area contributed by atoms with E-state index in [1.165, 1.54) is 48.1 Å². The van der Waals surface area contributed by atoms with Crippen LogP contribution in [0.3, 0.4) is 0 Å². The number of hydrogen-bond acceptors (Lipinski definition) is 16. The van der Waals surface area contributed by atoms with Gasteiger partial charge in [-0.05, 0) is 73.1 Å². The van der Waals surface area contributed by atoms with Crippen molar-refractivity contribution in [3.05, 3.63) is 102 Å². The molecule has 4 aromatic rings. The number of benzene rings is 2. The molecular weight excluding hydrogens is 1210 g/mol. The van der Waals surface area contributed by atoms with Gasteiger partial charge in [0.05, 0.1) is 26.5 Å². The molecule has 3 heterocycles. The van der Waals surface area contributed by atoms with Crippen LogP contribution < -0.4 is 59.7 Å². The summed E-state index contributed by atoms with van der Waals surface area (Å²) in [6.45, 7) is 10.2. The predicted octanol–water partition coefficient (Wildman–Crippen LogP) is -1.33. The first-order valence-corrected chi connectivity index (χ1v) is 30.8. The van der Waals surface area contributed by atoms with E-state index in [4.69, 9.17) is 18.6 Å². The number of rotatable bonds is 37. The molecule has 0 aliphatic carbocycles. The van der Waals surface area contributed by atoms with Crippen LogP contribution in [0, 0.1) is 17.8 Å². The topological polar surface area (TPSA) is 496 Å². The Morgan fingerprint density at radius 1 is 0.656 bits per heavy atom. The normalized spacial score (nSPS) is 16.2. The van der Waals surface area contributed by atoms with Crippen LogP contribution in [0.1, 0.15) is 110 Å². The standard InChI is InChI=1S/C62H89N17O14/c1-7-35(6)51(78-56(87)44(25-37-17-19-40(80)20-18-37)74-58(89)50(34(4)5)77-53(84)42(15-11-21-68-62(64)65)71-52(83)41(63)28-49(81)82)59(90)75-46(27-39-30-67-32-70-39)60(91)79-22-12-16-48(79)57(88)73-43(24-36-13-9-8-10-14-36)54(85)72-45(26-38-29-66-31-69-38)55(86)76-47(61(92)93)23-33(2)3/h8-10,13-14,17-20,29-35,41-48,50-51,80H,7,11-12,15-16,21-28,63H2,1-6H3,(H,66,69)(H,67,70)(H,71,83)(H,72,85)(H,73,88)(H,74,89)(H,75,90)(H,76,86)(H,77,84)(H,78,87)(H,81,82)(H,92,93)(H4,64,65,68)/t35-,41-,42-,43-,44-,45-,46-,47-,48-,50-,51-/m0/s1/i19D. The molecule has 506 valence electrons. The molecule has 93 heavy (non-hydrogen) atoms. The van der Waals surface area contributed by atoms with E-state index in [1.54, 1.807) is 71.9 Å². The molecule has 1 saturated heterocycles. The average Bonchev–Trinajstić information content (AvgIpc) is 1.54. The van der Waals surface area contributed by atoms with E-state index in [-0.39, 0.29) is 100 Å². The number of hydrogen-bond donors (Lipinski definition) is 16. The number of phenols is 1. The first-order chi connectivity index (χ1) is 44.5. The zero-order valence-electron chi connectivity index (χ0n) is 54.0. The number of H-pyrrole nitrogens is 2. The number of nitrogens with two attached hydrogens (primary N) is 3. The number of nitrogens with zero attached hydrogens (tertiary/aromatic N) is 4. The highest BCUT2D eigenvalue weighted by molar-refractivity contribution is 5.99. The van der Waals surface area contributed by atoms with Crippen molar-refractivity contribution in [1.82, 2.24) is 67.4 Å². The fourth-order valence-corrected chi connectivity index (χ4v) is 10.3. The summed E-state index contributed by atoms with van der Waals surface area (Å²) in [6, 6.07) is -1.66. The molecule has 1 aliphatic rings. The number of aliphatic imine (C=N–C) groups is 1. The summed E-state index contributed by atoms with van der Waals surface area (Å²) in [5, 5.41) is 50.8. The van der Waals surface area contributed by atoms with E-state index < -0.39 is 144 Å². The second kappa shape index (κ2) is 36.2. The molecule has 5 rings (SSSR count). The number of phenolic OH excluding ortho intramolecular Hbond substituents is 1. The molecule has 2 aromatic heterocycles. The minimum Gasteiger partial charge on any atom is -0.508 e. The van der Waals surface area contributed by atoms with Gasteiger partial charge in [0.15, 0.2) is 5.96 Å². The quantitative estimate of drug-likeness (QED) is 0.0141. The summed E-state index contributed by atoms with van der Waals surface area (Å²) >= 11 is 0. The Morgan fingerprint density at radius 2 is 1.18 bits per heavy atom. The highest BCUT2D eigenvalue weighted by Gasteiger charge is 2.42. The van der Waals surface area contributed by atoms with Gasteiger partial charge in [-0.15, -0.1) is 0 Å². The first kappa shape index (κ1) is 72.1. The van der Waals surface area contributed by atoms with Crippen LogP contribution >= 0.6 is 0 Å². The second-order valence-electron chi connectivity index (χ2n) is 23.8. The third-order valence-corrected chi connectivity index (χ3v) is 15.6. The molecule has 0 bridgehead atoms. The molecule has 31 nitrogen and oxygen atoms in total. The van der Waals surface area contributed by atoms with Crippen molar-refractivity contribution in [2.45, 2.75) is 173 Å². The minimum atomic E-state index is -1.56. The van der Waals surface area contributed by atoms with Crippen LogP contribution in [-0.2, 0) is 78.4 Å². The largest absolute Gasteiger partial charge is 0.508 e. The number of imidazole rings is 2. The highest BCUT2D eigenvalue weighted by Crippen LogP contribution is 2.22. The lowest BCUT2D eigenvalue weighted by Gasteiger charge is -2.32. The maximum Gasteiger partial charge on any atom is 0.326 e. The number of carbonyl (C=O) groups excluding carboxylic acids is 9. The van der Waals surface area contributed by atoms with Crippen molar-refractivity contribution in [2.24, 2.45) is 39.9 Å². The van der Waals surface area contributed by atoms with Gasteiger partial charge in [-0.2, -0.15) is 0 Å². The Hall–Kier alpha value is -9.94. The van der Waals surface area contributed by atoms with Crippen LogP contribution in [0.15, 0.2) is 84.6 Å². The third-order valence-electron chi connectivity index (χ3n) is 15.6.